The van der Waals surface area contributed by atoms with Crippen LogP contribution in [0.4, 0.5) is 8.78 Å². The van der Waals surface area contributed by atoms with Gasteiger partial charge in [-0.05, 0) is 12.1 Å². The first-order chi connectivity index (χ1) is 6.52. The lowest BCUT2D eigenvalue weighted by molar-refractivity contribution is -0.138. The normalized spacial score (nSPS) is 11.7. The highest BCUT2D eigenvalue weighted by molar-refractivity contribution is 5.85. The van der Waals surface area contributed by atoms with Crippen molar-refractivity contribution in [1.82, 2.24) is 0 Å². The fourth-order valence-corrected chi connectivity index (χ4v) is 1.03. The average Bonchev–Trinajstić information content (AvgIpc) is 2.11. The topological polar surface area (TPSA) is 63.3 Å². The molecule has 0 saturated carbocycles. The SMILES string of the molecule is Cl.NC(Cc1c(F)cccc1F)C(=O)O. The highest BCUT2D eigenvalue weighted by Gasteiger charge is 2.17. The van der Waals surface area contributed by atoms with E-state index in [0.717, 1.165) is 12.1 Å². The number of carboxylic acid groups (broad SMARTS) is 1. The Labute approximate surface area is 91.3 Å². The van der Waals surface area contributed by atoms with Gasteiger partial charge in [-0.25, -0.2) is 8.78 Å². The summed E-state index contributed by atoms with van der Waals surface area (Å²) in [6.07, 6.45) is -0.353. The number of rotatable bonds is 3. The van der Waals surface area contributed by atoms with Crippen LogP contribution in [0.25, 0.3) is 0 Å². The van der Waals surface area contributed by atoms with Crippen LogP contribution >= 0.6 is 12.4 Å². The number of hydrogen-bond donors (Lipinski definition) is 2. The summed E-state index contributed by atoms with van der Waals surface area (Å²) < 4.78 is 26.0. The third kappa shape index (κ3) is 3.45. The van der Waals surface area contributed by atoms with E-state index >= 15 is 0 Å². The smallest absolute Gasteiger partial charge is 0.320 e. The van der Waals surface area contributed by atoms with E-state index in [2.05, 4.69) is 0 Å². The molecule has 0 aromatic heterocycles. The predicted octanol–water partition coefficient (Wildman–Crippen LogP) is 1.34. The van der Waals surface area contributed by atoms with Crippen molar-refractivity contribution in [2.24, 2.45) is 5.73 Å². The number of carboxylic acids is 1. The molecule has 1 rings (SSSR count). The monoisotopic (exact) mass is 237 g/mol. The van der Waals surface area contributed by atoms with Gasteiger partial charge in [0.05, 0.1) is 0 Å². The molecule has 0 fully saturated rings. The van der Waals surface area contributed by atoms with Gasteiger partial charge >= 0.3 is 5.97 Å². The number of halogens is 3. The summed E-state index contributed by atoms with van der Waals surface area (Å²) in [7, 11) is 0. The lowest BCUT2D eigenvalue weighted by Crippen LogP contribution is -2.32. The highest BCUT2D eigenvalue weighted by atomic mass is 35.5. The Hall–Kier alpha value is -1.20. The number of benzene rings is 1. The fourth-order valence-electron chi connectivity index (χ4n) is 1.03. The van der Waals surface area contributed by atoms with Crippen molar-refractivity contribution in [3.05, 3.63) is 35.4 Å². The lowest BCUT2D eigenvalue weighted by Gasteiger charge is -2.07. The summed E-state index contributed by atoms with van der Waals surface area (Å²) in [6.45, 7) is 0. The molecule has 3 N–H and O–H groups in total. The predicted molar refractivity (Wildman–Crippen MR) is 52.9 cm³/mol. The molecule has 0 radical (unpaired) electrons. The van der Waals surface area contributed by atoms with E-state index in [1.807, 2.05) is 0 Å². The summed E-state index contributed by atoms with van der Waals surface area (Å²) in [5, 5.41) is 8.46. The van der Waals surface area contributed by atoms with Crippen LogP contribution in [0.1, 0.15) is 5.56 Å². The first-order valence-electron chi connectivity index (χ1n) is 3.93. The lowest BCUT2D eigenvalue weighted by atomic mass is 10.1. The molecule has 3 nitrogen and oxygen atoms in total. The largest absolute Gasteiger partial charge is 0.480 e. The fraction of sp³-hybridized carbons (Fsp3) is 0.222. The van der Waals surface area contributed by atoms with Crippen molar-refractivity contribution < 1.29 is 18.7 Å². The molecule has 1 unspecified atom stereocenters. The molecule has 0 heterocycles. The summed E-state index contributed by atoms with van der Waals surface area (Å²) in [5.41, 5.74) is 4.86. The van der Waals surface area contributed by atoms with Gasteiger partial charge in [0.2, 0.25) is 0 Å². The molecule has 0 aliphatic rings. The van der Waals surface area contributed by atoms with E-state index in [1.165, 1.54) is 6.07 Å². The Kier molecular flexibility index (Phi) is 5.18. The molecule has 15 heavy (non-hydrogen) atoms. The van der Waals surface area contributed by atoms with Crippen LogP contribution in [-0.2, 0) is 11.2 Å². The van der Waals surface area contributed by atoms with Crippen molar-refractivity contribution in [3.8, 4) is 0 Å². The second kappa shape index (κ2) is 5.63. The molecule has 0 saturated heterocycles. The Morgan fingerprint density at radius 3 is 2.27 bits per heavy atom. The maximum atomic E-state index is 13.0. The van der Waals surface area contributed by atoms with Gasteiger partial charge in [0, 0.05) is 12.0 Å². The molecular formula is C9H10ClF2NO2. The third-order valence-electron chi connectivity index (χ3n) is 1.80. The number of carbonyl (C=O) groups is 1. The molecule has 1 atom stereocenters. The molecule has 0 spiro atoms. The van der Waals surface area contributed by atoms with Crippen LogP contribution in [0, 0.1) is 11.6 Å². The zero-order valence-electron chi connectivity index (χ0n) is 7.61. The van der Waals surface area contributed by atoms with Gasteiger partial charge in [-0.2, -0.15) is 0 Å². The van der Waals surface area contributed by atoms with Crippen molar-refractivity contribution in [2.45, 2.75) is 12.5 Å². The standard InChI is InChI=1S/C9H9F2NO2.ClH/c10-6-2-1-3-7(11)5(6)4-8(12)9(13)14;/h1-3,8H,4,12H2,(H,13,14);1H. The molecule has 0 aliphatic heterocycles. The second-order valence-corrected chi connectivity index (χ2v) is 2.85. The maximum absolute atomic E-state index is 13.0. The molecular weight excluding hydrogens is 228 g/mol. The first-order valence-corrected chi connectivity index (χ1v) is 3.93. The van der Waals surface area contributed by atoms with Crippen molar-refractivity contribution >= 4 is 18.4 Å². The van der Waals surface area contributed by atoms with Crippen LogP contribution in [0.15, 0.2) is 18.2 Å². The maximum Gasteiger partial charge on any atom is 0.320 e. The van der Waals surface area contributed by atoms with E-state index in [4.69, 9.17) is 10.8 Å². The number of aliphatic carboxylic acids is 1. The van der Waals surface area contributed by atoms with Crippen LogP contribution in [-0.4, -0.2) is 17.1 Å². The zero-order chi connectivity index (χ0) is 10.7. The number of hydrogen-bond acceptors (Lipinski definition) is 2. The Balaban J connectivity index is 0.00000196. The van der Waals surface area contributed by atoms with Gasteiger partial charge in [-0.3, -0.25) is 4.79 Å². The zero-order valence-corrected chi connectivity index (χ0v) is 8.43. The first kappa shape index (κ1) is 13.8. The summed E-state index contributed by atoms with van der Waals surface area (Å²) in [5.74, 6) is -2.84. The van der Waals surface area contributed by atoms with Gasteiger partial charge in [0.1, 0.15) is 17.7 Å². The van der Waals surface area contributed by atoms with E-state index in [1.54, 1.807) is 0 Å². The molecule has 84 valence electrons. The van der Waals surface area contributed by atoms with Gasteiger partial charge in [-0.1, -0.05) is 6.07 Å². The van der Waals surface area contributed by atoms with Crippen LogP contribution in [0.2, 0.25) is 0 Å². The molecule has 1 aromatic rings. The van der Waals surface area contributed by atoms with Crippen LogP contribution in [0.3, 0.4) is 0 Å². The van der Waals surface area contributed by atoms with Gasteiger partial charge in [0.15, 0.2) is 0 Å². The van der Waals surface area contributed by atoms with E-state index in [0.29, 0.717) is 0 Å². The minimum Gasteiger partial charge on any atom is -0.480 e. The van der Waals surface area contributed by atoms with E-state index in [9.17, 15) is 13.6 Å². The van der Waals surface area contributed by atoms with Crippen LogP contribution < -0.4 is 5.73 Å². The Morgan fingerprint density at radius 2 is 1.87 bits per heavy atom. The van der Waals surface area contributed by atoms with Crippen LogP contribution in [0.5, 0.6) is 0 Å². The number of nitrogens with two attached hydrogens (primary N) is 1. The van der Waals surface area contributed by atoms with Gasteiger partial charge < -0.3 is 10.8 Å². The van der Waals surface area contributed by atoms with Crippen molar-refractivity contribution in [2.75, 3.05) is 0 Å². The van der Waals surface area contributed by atoms with E-state index in [-0.39, 0.29) is 24.4 Å². The molecule has 6 heteroatoms. The van der Waals surface area contributed by atoms with Gasteiger partial charge in [0.25, 0.3) is 0 Å². The van der Waals surface area contributed by atoms with Crippen molar-refractivity contribution in [1.29, 1.82) is 0 Å². The molecule has 1 aromatic carbocycles. The van der Waals surface area contributed by atoms with E-state index < -0.39 is 23.6 Å². The summed E-state index contributed by atoms with van der Waals surface area (Å²) >= 11 is 0. The Morgan fingerprint density at radius 1 is 1.40 bits per heavy atom. The molecule has 0 aliphatic carbocycles. The minimum atomic E-state index is -1.29. The summed E-state index contributed by atoms with van der Waals surface area (Å²) in [4.78, 5) is 10.4. The van der Waals surface area contributed by atoms with Crippen molar-refractivity contribution in [3.63, 3.8) is 0 Å². The Bertz CT molecular complexity index is 340. The second-order valence-electron chi connectivity index (χ2n) is 2.85. The third-order valence-corrected chi connectivity index (χ3v) is 1.80. The highest BCUT2D eigenvalue weighted by Crippen LogP contribution is 2.13. The minimum absolute atomic E-state index is 0. The molecule has 0 amide bonds. The average molecular weight is 238 g/mol. The molecule has 0 bridgehead atoms. The summed E-state index contributed by atoms with van der Waals surface area (Å²) in [6, 6.07) is 2.04. The van der Waals surface area contributed by atoms with Gasteiger partial charge in [-0.15, -0.1) is 12.4 Å². The quantitative estimate of drug-likeness (QED) is 0.834.